The summed E-state index contributed by atoms with van der Waals surface area (Å²) in [6, 6.07) is 6.65. The minimum Gasteiger partial charge on any atom is -0.274 e. The number of sulfonamides is 1. The second-order valence-electron chi connectivity index (χ2n) is 4.23. The van der Waals surface area contributed by atoms with Crippen LogP contribution in [0.1, 0.15) is 11.1 Å². The van der Waals surface area contributed by atoms with Crippen LogP contribution in [0, 0.1) is 13.8 Å². The Morgan fingerprint density at radius 2 is 1.89 bits per heavy atom. The summed E-state index contributed by atoms with van der Waals surface area (Å²) in [6.45, 7) is 3.83. The molecular formula is C12H15N3O2S. The van der Waals surface area contributed by atoms with Crippen LogP contribution in [0.2, 0.25) is 0 Å². The Bertz CT molecular complexity index is 674. The van der Waals surface area contributed by atoms with Crippen molar-refractivity contribution in [3.05, 3.63) is 41.6 Å². The number of aromatic nitrogens is 2. The van der Waals surface area contributed by atoms with Crippen molar-refractivity contribution in [3.63, 3.8) is 0 Å². The van der Waals surface area contributed by atoms with Gasteiger partial charge in [0.15, 0.2) is 5.82 Å². The summed E-state index contributed by atoms with van der Waals surface area (Å²) >= 11 is 0. The highest BCUT2D eigenvalue weighted by Crippen LogP contribution is 2.17. The van der Waals surface area contributed by atoms with Crippen LogP contribution in [-0.2, 0) is 17.1 Å². The first-order valence-corrected chi connectivity index (χ1v) is 6.96. The lowest BCUT2D eigenvalue weighted by Crippen LogP contribution is -2.13. The quantitative estimate of drug-likeness (QED) is 0.921. The topological polar surface area (TPSA) is 64.0 Å². The summed E-state index contributed by atoms with van der Waals surface area (Å²) in [6.07, 6.45) is 1.68. The zero-order valence-corrected chi connectivity index (χ0v) is 11.3. The Labute approximate surface area is 107 Å². The zero-order chi connectivity index (χ0) is 13.3. The van der Waals surface area contributed by atoms with Gasteiger partial charge in [0.05, 0.1) is 4.90 Å². The molecule has 0 saturated carbocycles. The number of rotatable bonds is 3. The molecule has 1 aromatic heterocycles. The molecule has 0 aliphatic carbocycles. The van der Waals surface area contributed by atoms with E-state index in [0.29, 0.717) is 5.82 Å². The number of hydrogen-bond donors (Lipinski definition) is 1. The molecular weight excluding hydrogens is 250 g/mol. The van der Waals surface area contributed by atoms with Crippen molar-refractivity contribution < 1.29 is 8.42 Å². The molecule has 2 aromatic rings. The van der Waals surface area contributed by atoms with Crippen LogP contribution in [0.3, 0.4) is 0 Å². The predicted octanol–water partition coefficient (Wildman–Crippen LogP) is 1.84. The highest BCUT2D eigenvalue weighted by atomic mass is 32.2. The molecule has 1 aromatic carbocycles. The molecule has 0 saturated heterocycles. The highest BCUT2D eigenvalue weighted by molar-refractivity contribution is 7.92. The third kappa shape index (κ3) is 2.53. The average Bonchev–Trinajstić information content (AvgIpc) is 2.67. The van der Waals surface area contributed by atoms with Gasteiger partial charge in [0.25, 0.3) is 10.0 Å². The van der Waals surface area contributed by atoms with E-state index in [9.17, 15) is 8.42 Å². The summed E-state index contributed by atoms with van der Waals surface area (Å²) in [5.74, 6) is 0.315. The first-order valence-electron chi connectivity index (χ1n) is 5.48. The van der Waals surface area contributed by atoms with Gasteiger partial charge in [0.1, 0.15) is 0 Å². The molecule has 0 unspecified atom stereocenters. The van der Waals surface area contributed by atoms with Gasteiger partial charge in [0, 0.05) is 19.3 Å². The molecule has 2 rings (SSSR count). The Morgan fingerprint density at radius 1 is 1.17 bits per heavy atom. The molecule has 1 heterocycles. The van der Waals surface area contributed by atoms with Crippen molar-refractivity contribution in [2.24, 2.45) is 7.05 Å². The van der Waals surface area contributed by atoms with E-state index in [1.165, 1.54) is 4.68 Å². The Kier molecular flexibility index (Phi) is 3.13. The molecule has 18 heavy (non-hydrogen) atoms. The first kappa shape index (κ1) is 12.6. The molecule has 0 atom stereocenters. The number of hydrogen-bond acceptors (Lipinski definition) is 3. The average molecular weight is 265 g/mol. The number of benzene rings is 1. The lowest BCUT2D eigenvalue weighted by Gasteiger charge is -2.07. The van der Waals surface area contributed by atoms with Gasteiger partial charge in [-0.1, -0.05) is 6.07 Å². The van der Waals surface area contributed by atoms with Gasteiger partial charge in [-0.25, -0.2) is 8.42 Å². The summed E-state index contributed by atoms with van der Waals surface area (Å²) in [7, 11) is -1.84. The minimum absolute atomic E-state index is 0.247. The van der Waals surface area contributed by atoms with E-state index < -0.39 is 10.0 Å². The fraction of sp³-hybridized carbons (Fsp3) is 0.250. The zero-order valence-electron chi connectivity index (χ0n) is 10.5. The van der Waals surface area contributed by atoms with Crippen molar-refractivity contribution in [3.8, 4) is 0 Å². The van der Waals surface area contributed by atoms with E-state index in [2.05, 4.69) is 9.82 Å². The van der Waals surface area contributed by atoms with Gasteiger partial charge < -0.3 is 0 Å². The second-order valence-corrected chi connectivity index (χ2v) is 5.91. The van der Waals surface area contributed by atoms with E-state index in [1.807, 2.05) is 13.8 Å². The first-order chi connectivity index (χ1) is 8.38. The monoisotopic (exact) mass is 265 g/mol. The lowest BCUT2D eigenvalue weighted by molar-refractivity contribution is 0.600. The van der Waals surface area contributed by atoms with Crippen LogP contribution in [-0.4, -0.2) is 18.2 Å². The summed E-state index contributed by atoms with van der Waals surface area (Å²) in [5.41, 5.74) is 2.01. The fourth-order valence-corrected chi connectivity index (χ4v) is 2.63. The lowest BCUT2D eigenvalue weighted by atomic mass is 10.1. The van der Waals surface area contributed by atoms with Crippen LogP contribution >= 0.6 is 0 Å². The fourth-order valence-electron chi connectivity index (χ4n) is 1.55. The standard InChI is InChI=1S/C12H15N3O2S/c1-9-4-5-11(8-10(9)2)18(16,17)14-12-6-7-15(3)13-12/h4-8H,1-3H3,(H,13,14). The van der Waals surface area contributed by atoms with Crippen molar-refractivity contribution in [2.45, 2.75) is 18.7 Å². The molecule has 0 aliphatic rings. The Hall–Kier alpha value is -1.82. The van der Waals surface area contributed by atoms with Crippen LogP contribution < -0.4 is 4.72 Å². The number of anilines is 1. The second kappa shape index (κ2) is 4.45. The van der Waals surface area contributed by atoms with E-state index in [4.69, 9.17) is 0 Å². The maximum Gasteiger partial charge on any atom is 0.263 e. The van der Waals surface area contributed by atoms with E-state index in [-0.39, 0.29) is 4.90 Å². The molecule has 0 amide bonds. The molecule has 96 valence electrons. The van der Waals surface area contributed by atoms with Gasteiger partial charge in [-0.15, -0.1) is 0 Å². The molecule has 0 radical (unpaired) electrons. The van der Waals surface area contributed by atoms with Crippen molar-refractivity contribution >= 4 is 15.8 Å². The van der Waals surface area contributed by atoms with Gasteiger partial charge in [-0.05, 0) is 37.1 Å². The highest BCUT2D eigenvalue weighted by Gasteiger charge is 2.15. The largest absolute Gasteiger partial charge is 0.274 e. The third-order valence-electron chi connectivity index (χ3n) is 2.74. The SMILES string of the molecule is Cc1ccc(S(=O)(=O)Nc2ccn(C)n2)cc1C. The van der Waals surface area contributed by atoms with Crippen LogP contribution in [0.15, 0.2) is 35.4 Å². The predicted molar refractivity (Wildman–Crippen MR) is 69.9 cm³/mol. The molecule has 0 fully saturated rings. The van der Waals surface area contributed by atoms with Gasteiger partial charge >= 0.3 is 0 Å². The van der Waals surface area contributed by atoms with Crippen molar-refractivity contribution in [1.82, 2.24) is 9.78 Å². The molecule has 5 nitrogen and oxygen atoms in total. The van der Waals surface area contributed by atoms with Gasteiger partial charge in [0.2, 0.25) is 0 Å². The normalized spacial score (nSPS) is 11.5. The Balaban J connectivity index is 2.33. The molecule has 0 spiro atoms. The van der Waals surface area contributed by atoms with Gasteiger partial charge in [-0.2, -0.15) is 5.10 Å². The minimum atomic E-state index is -3.57. The molecule has 1 N–H and O–H groups in total. The van der Waals surface area contributed by atoms with E-state index >= 15 is 0 Å². The van der Waals surface area contributed by atoms with Gasteiger partial charge in [-0.3, -0.25) is 9.40 Å². The maximum absolute atomic E-state index is 12.1. The maximum atomic E-state index is 12.1. The van der Waals surface area contributed by atoms with Crippen molar-refractivity contribution in [1.29, 1.82) is 0 Å². The van der Waals surface area contributed by atoms with E-state index in [1.54, 1.807) is 37.5 Å². The Morgan fingerprint density at radius 3 is 2.44 bits per heavy atom. The summed E-state index contributed by atoms with van der Waals surface area (Å²) < 4.78 is 28.2. The number of aryl methyl sites for hydroxylation is 3. The third-order valence-corrected chi connectivity index (χ3v) is 4.09. The molecule has 0 aliphatic heterocycles. The number of nitrogens with one attached hydrogen (secondary N) is 1. The van der Waals surface area contributed by atoms with E-state index in [0.717, 1.165) is 11.1 Å². The van der Waals surface area contributed by atoms with Crippen LogP contribution in [0.25, 0.3) is 0 Å². The summed E-state index contributed by atoms with van der Waals surface area (Å²) in [5, 5.41) is 3.99. The van der Waals surface area contributed by atoms with Crippen molar-refractivity contribution in [2.75, 3.05) is 4.72 Å². The van der Waals surface area contributed by atoms with Crippen LogP contribution in [0.4, 0.5) is 5.82 Å². The summed E-state index contributed by atoms with van der Waals surface area (Å²) in [4.78, 5) is 0.247. The number of nitrogens with zero attached hydrogens (tertiary/aromatic N) is 2. The molecule has 0 bridgehead atoms. The van der Waals surface area contributed by atoms with Crippen LogP contribution in [0.5, 0.6) is 0 Å². The smallest absolute Gasteiger partial charge is 0.263 e. The molecule has 6 heteroatoms.